The Hall–Kier alpha value is -3.08. The van der Waals surface area contributed by atoms with Crippen LogP contribution in [0.4, 0.5) is 0 Å². The van der Waals surface area contributed by atoms with Crippen molar-refractivity contribution < 1.29 is 9.59 Å². The molecule has 2 amide bonds. The molecule has 0 spiro atoms. The van der Waals surface area contributed by atoms with E-state index in [9.17, 15) is 9.59 Å². The molecule has 0 aliphatic carbocycles. The van der Waals surface area contributed by atoms with Gasteiger partial charge < -0.3 is 14.8 Å². The average Bonchev–Trinajstić information content (AvgIpc) is 3.17. The number of benzene rings is 2. The van der Waals surface area contributed by atoms with Crippen LogP contribution in [0.15, 0.2) is 54.7 Å². The molecule has 3 aromatic rings. The number of amides is 2. The molecule has 1 saturated heterocycles. The van der Waals surface area contributed by atoms with Gasteiger partial charge >= 0.3 is 0 Å². The van der Waals surface area contributed by atoms with Crippen LogP contribution in [-0.4, -0.2) is 46.2 Å². The van der Waals surface area contributed by atoms with E-state index in [0.29, 0.717) is 13.0 Å². The molecule has 1 fully saturated rings. The Kier molecular flexibility index (Phi) is 5.03. The first-order chi connectivity index (χ1) is 14.7. The van der Waals surface area contributed by atoms with Crippen molar-refractivity contribution in [2.45, 2.75) is 38.1 Å². The number of hydrogen-bond donors (Lipinski definition) is 1. The van der Waals surface area contributed by atoms with Gasteiger partial charge in [-0.25, -0.2) is 0 Å². The van der Waals surface area contributed by atoms with E-state index >= 15 is 0 Å². The monoisotopic (exact) mass is 401 g/mol. The lowest BCUT2D eigenvalue weighted by atomic mass is 9.97. The number of likely N-dealkylation sites (tertiary alicyclic amines) is 1. The lowest BCUT2D eigenvalue weighted by Crippen LogP contribution is -2.36. The molecule has 0 saturated carbocycles. The van der Waals surface area contributed by atoms with Gasteiger partial charge in [0.2, 0.25) is 5.91 Å². The number of nitrogens with one attached hydrogen (secondary N) is 1. The van der Waals surface area contributed by atoms with Crippen molar-refractivity contribution in [2.75, 3.05) is 19.6 Å². The maximum absolute atomic E-state index is 13.3. The molecule has 2 aromatic carbocycles. The van der Waals surface area contributed by atoms with Gasteiger partial charge in [-0.1, -0.05) is 49.2 Å². The number of fused-ring (bicyclic) bond motifs is 2. The zero-order valence-corrected chi connectivity index (χ0v) is 17.1. The van der Waals surface area contributed by atoms with Gasteiger partial charge in [0.25, 0.3) is 5.91 Å². The van der Waals surface area contributed by atoms with Crippen LogP contribution in [0.3, 0.4) is 0 Å². The van der Waals surface area contributed by atoms with Gasteiger partial charge in [-0.3, -0.25) is 9.59 Å². The van der Waals surface area contributed by atoms with E-state index in [4.69, 9.17) is 0 Å². The first-order valence-corrected chi connectivity index (χ1v) is 11.0. The summed E-state index contributed by atoms with van der Waals surface area (Å²) in [6.07, 6.45) is 6.95. The molecule has 0 bridgehead atoms. The van der Waals surface area contributed by atoms with Gasteiger partial charge in [0.05, 0.1) is 6.04 Å². The van der Waals surface area contributed by atoms with E-state index in [2.05, 4.69) is 17.1 Å². The number of carbonyl (C=O) groups excluding carboxylic acids is 2. The summed E-state index contributed by atoms with van der Waals surface area (Å²) < 4.78 is 0. The van der Waals surface area contributed by atoms with Crippen molar-refractivity contribution in [3.63, 3.8) is 0 Å². The molecule has 30 heavy (non-hydrogen) atoms. The SMILES string of the molecule is O=C(CCN1C(=O)c2ccccc2C1c1c[nH]c2ccccc12)N1CCCCCC1. The minimum absolute atomic E-state index is 0.0181. The minimum atomic E-state index is -0.165. The highest BCUT2D eigenvalue weighted by Gasteiger charge is 2.38. The second-order valence-electron chi connectivity index (χ2n) is 8.32. The fourth-order valence-corrected chi connectivity index (χ4v) is 4.95. The van der Waals surface area contributed by atoms with E-state index < -0.39 is 0 Å². The molecule has 2 aliphatic heterocycles. The molecule has 5 rings (SSSR count). The first-order valence-electron chi connectivity index (χ1n) is 11.0. The Morgan fingerprint density at radius 2 is 1.67 bits per heavy atom. The third-order valence-corrected chi connectivity index (χ3v) is 6.50. The smallest absolute Gasteiger partial charge is 0.255 e. The molecule has 5 nitrogen and oxygen atoms in total. The Bertz CT molecular complexity index is 1080. The van der Waals surface area contributed by atoms with E-state index in [1.165, 1.54) is 12.8 Å². The van der Waals surface area contributed by atoms with E-state index in [-0.39, 0.29) is 17.9 Å². The molecular weight excluding hydrogens is 374 g/mol. The summed E-state index contributed by atoms with van der Waals surface area (Å²) >= 11 is 0. The number of rotatable bonds is 4. The summed E-state index contributed by atoms with van der Waals surface area (Å²) in [5.41, 5.74) is 3.92. The molecule has 1 aromatic heterocycles. The first kappa shape index (κ1) is 18.9. The van der Waals surface area contributed by atoms with Crippen LogP contribution in [0.25, 0.3) is 10.9 Å². The fourth-order valence-electron chi connectivity index (χ4n) is 4.95. The van der Waals surface area contributed by atoms with Gasteiger partial charge in [0.15, 0.2) is 0 Å². The van der Waals surface area contributed by atoms with Gasteiger partial charge in [-0.05, 0) is 30.5 Å². The van der Waals surface area contributed by atoms with Gasteiger partial charge in [0, 0.05) is 54.3 Å². The number of hydrogen-bond acceptors (Lipinski definition) is 2. The van der Waals surface area contributed by atoms with Gasteiger partial charge in [-0.15, -0.1) is 0 Å². The lowest BCUT2D eigenvalue weighted by Gasteiger charge is -2.27. The molecule has 1 N–H and O–H groups in total. The van der Waals surface area contributed by atoms with Crippen molar-refractivity contribution >= 4 is 22.7 Å². The van der Waals surface area contributed by atoms with Crippen LogP contribution < -0.4 is 0 Å². The van der Waals surface area contributed by atoms with Crippen molar-refractivity contribution in [2.24, 2.45) is 0 Å². The number of aromatic nitrogens is 1. The molecule has 1 atom stereocenters. The molecule has 3 heterocycles. The molecule has 154 valence electrons. The van der Waals surface area contributed by atoms with Crippen molar-refractivity contribution in [3.05, 3.63) is 71.4 Å². The van der Waals surface area contributed by atoms with Gasteiger partial charge in [0.1, 0.15) is 0 Å². The summed E-state index contributed by atoms with van der Waals surface area (Å²) in [5, 5.41) is 1.12. The summed E-state index contributed by atoms with van der Waals surface area (Å²) in [5.74, 6) is 0.183. The largest absolute Gasteiger partial charge is 0.361 e. The van der Waals surface area contributed by atoms with Crippen LogP contribution in [0.5, 0.6) is 0 Å². The highest BCUT2D eigenvalue weighted by Crippen LogP contribution is 2.41. The summed E-state index contributed by atoms with van der Waals surface area (Å²) in [6.45, 7) is 2.13. The van der Waals surface area contributed by atoms with Crippen molar-refractivity contribution in [1.29, 1.82) is 0 Å². The predicted octanol–water partition coefficient (Wildman–Crippen LogP) is 4.51. The standard InChI is InChI=1S/C25H27N3O2/c29-23(27-14-7-1-2-8-15-27)13-16-28-24(19-10-3-4-11-20(19)25(28)30)21-17-26-22-12-6-5-9-18(21)22/h3-6,9-12,17,24,26H,1-2,7-8,13-16H2. The predicted molar refractivity (Wildman–Crippen MR) is 117 cm³/mol. The summed E-state index contributed by atoms with van der Waals surface area (Å²) in [7, 11) is 0. The van der Waals surface area contributed by atoms with Crippen LogP contribution >= 0.6 is 0 Å². The number of carbonyl (C=O) groups is 2. The fraction of sp³-hybridized carbons (Fsp3) is 0.360. The van der Waals surface area contributed by atoms with E-state index in [1.54, 1.807) is 0 Å². The van der Waals surface area contributed by atoms with Crippen LogP contribution in [0.1, 0.15) is 59.6 Å². The van der Waals surface area contributed by atoms with Crippen molar-refractivity contribution in [1.82, 2.24) is 14.8 Å². The average molecular weight is 402 g/mol. The number of H-pyrrole nitrogens is 1. The topological polar surface area (TPSA) is 56.4 Å². The molecular formula is C25H27N3O2. The van der Waals surface area contributed by atoms with Crippen LogP contribution in [-0.2, 0) is 4.79 Å². The Morgan fingerprint density at radius 1 is 0.933 bits per heavy atom. The number of para-hydroxylation sites is 1. The zero-order chi connectivity index (χ0) is 20.5. The van der Waals surface area contributed by atoms with Gasteiger partial charge in [-0.2, -0.15) is 0 Å². The summed E-state index contributed by atoms with van der Waals surface area (Å²) in [6, 6.07) is 15.8. The second-order valence-corrected chi connectivity index (χ2v) is 8.32. The lowest BCUT2D eigenvalue weighted by molar-refractivity contribution is -0.131. The molecule has 5 heteroatoms. The number of nitrogens with zero attached hydrogens (tertiary/aromatic N) is 2. The number of aromatic amines is 1. The van der Waals surface area contributed by atoms with E-state index in [0.717, 1.165) is 53.5 Å². The highest BCUT2D eigenvalue weighted by molar-refractivity contribution is 6.01. The molecule has 1 unspecified atom stereocenters. The summed E-state index contributed by atoms with van der Waals surface area (Å²) in [4.78, 5) is 33.4. The zero-order valence-electron chi connectivity index (χ0n) is 17.1. The highest BCUT2D eigenvalue weighted by atomic mass is 16.2. The third-order valence-electron chi connectivity index (χ3n) is 6.50. The maximum Gasteiger partial charge on any atom is 0.255 e. The Labute approximate surface area is 176 Å². The minimum Gasteiger partial charge on any atom is -0.361 e. The molecule has 0 radical (unpaired) electrons. The Balaban J connectivity index is 1.44. The Morgan fingerprint density at radius 3 is 2.50 bits per heavy atom. The van der Waals surface area contributed by atoms with Crippen LogP contribution in [0.2, 0.25) is 0 Å². The van der Waals surface area contributed by atoms with E-state index in [1.807, 2.05) is 52.4 Å². The normalized spacial score (nSPS) is 19.2. The van der Waals surface area contributed by atoms with Crippen LogP contribution in [0, 0.1) is 0 Å². The quantitative estimate of drug-likeness (QED) is 0.699. The second kappa shape index (κ2) is 7.98. The third kappa shape index (κ3) is 3.28. The maximum atomic E-state index is 13.3. The van der Waals surface area contributed by atoms with Crippen molar-refractivity contribution in [3.8, 4) is 0 Å². The molecule has 2 aliphatic rings.